The summed E-state index contributed by atoms with van der Waals surface area (Å²) in [5.74, 6) is 1.23. The van der Waals surface area contributed by atoms with Gasteiger partial charge < -0.3 is 5.73 Å². The van der Waals surface area contributed by atoms with Crippen LogP contribution in [0.25, 0.3) is 0 Å². The van der Waals surface area contributed by atoms with Crippen molar-refractivity contribution in [3.05, 3.63) is 35.9 Å². The average molecular weight is 189 g/mol. The molecule has 1 heteroatoms. The Kier molecular flexibility index (Phi) is 2.15. The molecule has 0 saturated heterocycles. The number of hydrogen-bond acceptors (Lipinski definition) is 1. The highest BCUT2D eigenvalue weighted by Crippen LogP contribution is 2.57. The fraction of sp³-hybridized carbons (Fsp3) is 0.538. The summed E-state index contributed by atoms with van der Waals surface area (Å²) < 4.78 is 0. The van der Waals surface area contributed by atoms with E-state index in [2.05, 4.69) is 51.1 Å². The first kappa shape index (κ1) is 9.72. The van der Waals surface area contributed by atoms with Gasteiger partial charge in [-0.1, -0.05) is 51.1 Å². The molecule has 1 fully saturated rings. The summed E-state index contributed by atoms with van der Waals surface area (Å²) in [6, 6.07) is 11.0. The zero-order valence-electron chi connectivity index (χ0n) is 9.20. The SMILES string of the molecule is CC(c1ccccc1)[C@H]1[C@H](N)C1(C)C. The highest BCUT2D eigenvalue weighted by atomic mass is 14.8. The second-order valence-corrected chi connectivity index (χ2v) is 5.07. The van der Waals surface area contributed by atoms with Gasteiger partial charge in [0.2, 0.25) is 0 Å². The Morgan fingerprint density at radius 2 is 1.71 bits per heavy atom. The van der Waals surface area contributed by atoms with E-state index < -0.39 is 0 Å². The molecule has 0 amide bonds. The van der Waals surface area contributed by atoms with Gasteiger partial charge in [-0.15, -0.1) is 0 Å². The lowest BCUT2D eigenvalue weighted by Crippen LogP contribution is -2.08. The van der Waals surface area contributed by atoms with Crippen molar-refractivity contribution in [3.63, 3.8) is 0 Å². The van der Waals surface area contributed by atoms with Crippen molar-refractivity contribution in [3.8, 4) is 0 Å². The second-order valence-electron chi connectivity index (χ2n) is 5.07. The van der Waals surface area contributed by atoms with Gasteiger partial charge in [-0.05, 0) is 22.8 Å². The molecule has 3 atom stereocenters. The lowest BCUT2D eigenvalue weighted by Gasteiger charge is -2.12. The van der Waals surface area contributed by atoms with Crippen LogP contribution in [0.1, 0.15) is 32.3 Å². The average Bonchev–Trinajstić information content (AvgIpc) is 2.67. The van der Waals surface area contributed by atoms with Crippen LogP contribution >= 0.6 is 0 Å². The number of hydrogen-bond donors (Lipinski definition) is 1. The standard InChI is InChI=1S/C13H19N/c1-9(10-7-5-4-6-8-10)11-12(14)13(11,2)3/h4-9,11-12H,14H2,1-3H3/t9?,11-,12-/m0/s1. The summed E-state index contributed by atoms with van der Waals surface area (Å²) in [5, 5.41) is 0. The van der Waals surface area contributed by atoms with E-state index in [1.807, 2.05) is 0 Å². The van der Waals surface area contributed by atoms with Crippen LogP contribution in [0.4, 0.5) is 0 Å². The van der Waals surface area contributed by atoms with Crippen molar-refractivity contribution >= 4 is 0 Å². The molecule has 2 N–H and O–H groups in total. The van der Waals surface area contributed by atoms with Crippen LogP contribution in [0.3, 0.4) is 0 Å². The fourth-order valence-corrected chi connectivity index (χ4v) is 2.64. The van der Waals surface area contributed by atoms with Crippen molar-refractivity contribution in [1.29, 1.82) is 0 Å². The van der Waals surface area contributed by atoms with Gasteiger partial charge in [0.05, 0.1) is 0 Å². The lowest BCUT2D eigenvalue weighted by molar-refractivity contribution is 0.503. The smallest absolute Gasteiger partial charge is 0.0134 e. The largest absolute Gasteiger partial charge is 0.327 e. The van der Waals surface area contributed by atoms with Gasteiger partial charge in [0.1, 0.15) is 0 Å². The summed E-state index contributed by atoms with van der Waals surface area (Å²) in [4.78, 5) is 0. The zero-order chi connectivity index (χ0) is 10.3. The van der Waals surface area contributed by atoms with Crippen LogP contribution in [0.2, 0.25) is 0 Å². The lowest BCUT2D eigenvalue weighted by atomic mass is 9.92. The second kappa shape index (κ2) is 3.09. The molecule has 0 spiro atoms. The molecule has 0 heterocycles. The summed E-state index contributed by atoms with van der Waals surface area (Å²) in [6.45, 7) is 6.82. The Morgan fingerprint density at radius 3 is 2.14 bits per heavy atom. The molecule has 76 valence electrons. The monoisotopic (exact) mass is 189 g/mol. The van der Waals surface area contributed by atoms with Crippen LogP contribution < -0.4 is 5.73 Å². The van der Waals surface area contributed by atoms with Gasteiger partial charge >= 0.3 is 0 Å². The van der Waals surface area contributed by atoms with Crippen LogP contribution in [-0.4, -0.2) is 6.04 Å². The van der Waals surface area contributed by atoms with Gasteiger partial charge in [0.25, 0.3) is 0 Å². The third-order valence-electron chi connectivity index (χ3n) is 3.86. The van der Waals surface area contributed by atoms with E-state index in [1.165, 1.54) is 5.56 Å². The summed E-state index contributed by atoms with van der Waals surface area (Å²) in [6.07, 6.45) is 0. The first-order chi connectivity index (χ1) is 6.55. The molecule has 1 unspecified atom stereocenters. The summed E-state index contributed by atoms with van der Waals surface area (Å²) in [5.41, 5.74) is 7.83. The molecule has 14 heavy (non-hydrogen) atoms. The quantitative estimate of drug-likeness (QED) is 0.760. The molecule has 1 aromatic carbocycles. The third-order valence-corrected chi connectivity index (χ3v) is 3.86. The summed E-state index contributed by atoms with van der Waals surface area (Å²) in [7, 11) is 0. The maximum absolute atomic E-state index is 6.08. The molecular weight excluding hydrogens is 170 g/mol. The van der Waals surface area contributed by atoms with Crippen molar-refractivity contribution in [2.75, 3.05) is 0 Å². The van der Waals surface area contributed by atoms with Crippen LogP contribution in [0.5, 0.6) is 0 Å². The van der Waals surface area contributed by atoms with Crippen LogP contribution in [0, 0.1) is 11.3 Å². The van der Waals surface area contributed by atoms with Gasteiger partial charge in [-0.3, -0.25) is 0 Å². The van der Waals surface area contributed by atoms with E-state index >= 15 is 0 Å². The fourth-order valence-electron chi connectivity index (χ4n) is 2.64. The van der Waals surface area contributed by atoms with E-state index in [4.69, 9.17) is 5.73 Å². The molecule has 1 aliphatic rings. The first-order valence-electron chi connectivity index (χ1n) is 5.35. The molecule has 0 bridgehead atoms. The minimum Gasteiger partial charge on any atom is -0.327 e. The molecule has 2 rings (SSSR count). The van der Waals surface area contributed by atoms with Crippen LogP contribution in [0.15, 0.2) is 30.3 Å². The molecule has 1 nitrogen and oxygen atoms in total. The molecule has 0 radical (unpaired) electrons. The van der Waals surface area contributed by atoms with E-state index in [1.54, 1.807) is 0 Å². The molecule has 1 aromatic rings. The van der Waals surface area contributed by atoms with Gasteiger partial charge in [-0.2, -0.15) is 0 Å². The van der Waals surface area contributed by atoms with Crippen molar-refractivity contribution in [1.82, 2.24) is 0 Å². The number of benzene rings is 1. The highest BCUT2D eigenvalue weighted by Gasteiger charge is 2.57. The molecule has 0 aliphatic heterocycles. The minimum absolute atomic E-state index is 0.329. The van der Waals surface area contributed by atoms with E-state index in [-0.39, 0.29) is 0 Å². The summed E-state index contributed by atoms with van der Waals surface area (Å²) >= 11 is 0. The van der Waals surface area contributed by atoms with E-state index in [0.29, 0.717) is 23.3 Å². The van der Waals surface area contributed by atoms with E-state index in [0.717, 1.165) is 0 Å². The normalized spacial score (nSPS) is 31.1. The Morgan fingerprint density at radius 1 is 1.21 bits per heavy atom. The molecule has 1 saturated carbocycles. The maximum atomic E-state index is 6.08. The van der Waals surface area contributed by atoms with Crippen molar-refractivity contribution in [2.45, 2.75) is 32.7 Å². The van der Waals surface area contributed by atoms with Crippen molar-refractivity contribution < 1.29 is 0 Å². The van der Waals surface area contributed by atoms with Crippen LogP contribution in [-0.2, 0) is 0 Å². The predicted octanol–water partition coefficient (Wildman–Crippen LogP) is 2.77. The Hall–Kier alpha value is -0.820. The Bertz CT molecular complexity index is 315. The number of rotatable bonds is 2. The predicted molar refractivity (Wildman–Crippen MR) is 60.1 cm³/mol. The highest BCUT2D eigenvalue weighted by molar-refractivity contribution is 5.26. The topological polar surface area (TPSA) is 26.0 Å². The third kappa shape index (κ3) is 1.36. The molecular formula is C13H19N. The number of nitrogens with two attached hydrogens (primary N) is 1. The first-order valence-corrected chi connectivity index (χ1v) is 5.35. The van der Waals surface area contributed by atoms with Gasteiger partial charge in [0, 0.05) is 6.04 Å². The maximum Gasteiger partial charge on any atom is 0.0134 e. The Labute approximate surface area is 86.3 Å². The van der Waals surface area contributed by atoms with E-state index in [9.17, 15) is 0 Å². The molecule has 1 aliphatic carbocycles. The Balaban J connectivity index is 2.16. The molecule has 0 aromatic heterocycles. The van der Waals surface area contributed by atoms with Crippen molar-refractivity contribution in [2.24, 2.45) is 17.1 Å². The zero-order valence-corrected chi connectivity index (χ0v) is 9.20. The van der Waals surface area contributed by atoms with Gasteiger partial charge in [0.15, 0.2) is 0 Å². The van der Waals surface area contributed by atoms with Gasteiger partial charge in [-0.25, -0.2) is 0 Å². The minimum atomic E-state index is 0.329.